The van der Waals surface area contributed by atoms with E-state index in [9.17, 15) is 8.42 Å². The van der Waals surface area contributed by atoms with Gasteiger partial charge in [0, 0.05) is 11.1 Å². The predicted molar refractivity (Wildman–Crippen MR) is 118 cm³/mol. The van der Waals surface area contributed by atoms with Gasteiger partial charge in [0.15, 0.2) is 0 Å². The molecule has 0 spiro atoms. The number of hydrogen-bond donors (Lipinski definition) is 3. The monoisotopic (exact) mass is 431 g/mol. The molecule has 3 aromatic heterocycles. The number of nitrogens with one attached hydrogen (secondary N) is 2. The van der Waals surface area contributed by atoms with Crippen LogP contribution >= 0.6 is 0 Å². The van der Waals surface area contributed by atoms with Gasteiger partial charge in [0.1, 0.15) is 18.0 Å². The molecule has 5 rings (SSSR count). The molecule has 0 aliphatic heterocycles. The highest BCUT2D eigenvalue weighted by molar-refractivity contribution is 7.90. The van der Waals surface area contributed by atoms with Crippen LogP contribution < -0.4 is 11.1 Å². The van der Waals surface area contributed by atoms with Gasteiger partial charge >= 0.3 is 0 Å². The van der Waals surface area contributed by atoms with Crippen molar-refractivity contribution in [3.8, 4) is 0 Å². The van der Waals surface area contributed by atoms with Gasteiger partial charge in [-0.15, -0.1) is 0 Å². The van der Waals surface area contributed by atoms with Gasteiger partial charge in [-0.3, -0.25) is 0 Å². The van der Waals surface area contributed by atoms with E-state index in [0.29, 0.717) is 39.4 Å². The van der Waals surface area contributed by atoms with Crippen molar-refractivity contribution < 1.29 is 8.42 Å². The van der Waals surface area contributed by atoms with E-state index in [1.807, 2.05) is 18.2 Å². The molecule has 31 heavy (non-hydrogen) atoms. The molecule has 5 aromatic rings. The maximum Gasteiger partial charge on any atom is 0.226 e. The summed E-state index contributed by atoms with van der Waals surface area (Å²) in [5, 5.41) is 3.89. The minimum Gasteiger partial charge on any atom is -0.384 e. The summed E-state index contributed by atoms with van der Waals surface area (Å²) in [5.41, 5.74) is 9.01. The normalized spacial score (nSPS) is 11.7. The van der Waals surface area contributed by atoms with Gasteiger partial charge in [-0.1, -0.05) is 30.3 Å². The fraction of sp³-hybridized carbons (Fsp3) is 0.0476. The standard InChI is InChI=1S/C21H17N7O2S/c22-19-9-15-18(10-23-19)24-12-25-20(15)26-14-6-7-16-17(8-14)28-21(27-16)31(29,30)11-13-4-2-1-3-5-13/h1-10,12H,11H2,(H2,22,23)(H,27,28)(H,24,25,26). The molecule has 0 aliphatic rings. The minimum absolute atomic E-state index is 0.0603. The zero-order valence-corrected chi connectivity index (χ0v) is 17.0. The molecule has 0 saturated carbocycles. The van der Waals surface area contributed by atoms with Crippen molar-refractivity contribution >= 4 is 49.1 Å². The fourth-order valence-corrected chi connectivity index (χ4v) is 4.56. The molecule has 3 heterocycles. The van der Waals surface area contributed by atoms with Gasteiger partial charge < -0.3 is 16.0 Å². The molecule has 10 heteroatoms. The number of H-pyrrole nitrogens is 1. The maximum absolute atomic E-state index is 12.8. The Hall–Kier alpha value is -4.05. The molecular weight excluding hydrogens is 414 g/mol. The average Bonchev–Trinajstić information content (AvgIpc) is 3.19. The van der Waals surface area contributed by atoms with E-state index >= 15 is 0 Å². The van der Waals surface area contributed by atoms with Gasteiger partial charge in [0.25, 0.3) is 0 Å². The molecule has 154 valence electrons. The van der Waals surface area contributed by atoms with Crippen LogP contribution in [0.15, 0.2) is 72.3 Å². The number of nitrogens with zero attached hydrogens (tertiary/aromatic N) is 4. The Morgan fingerprint density at radius 2 is 1.81 bits per heavy atom. The lowest BCUT2D eigenvalue weighted by atomic mass is 10.2. The largest absolute Gasteiger partial charge is 0.384 e. The summed E-state index contributed by atoms with van der Waals surface area (Å²) >= 11 is 0. The molecule has 0 saturated heterocycles. The number of imidazole rings is 1. The Balaban J connectivity index is 1.47. The van der Waals surface area contributed by atoms with Crippen molar-refractivity contribution in [2.45, 2.75) is 10.9 Å². The SMILES string of the molecule is Nc1cc2c(Nc3ccc4nc(S(=O)(=O)Cc5ccccc5)[nH]c4c3)ncnc2cn1. The number of rotatable bonds is 5. The Morgan fingerprint density at radius 3 is 2.65 bits per heavy atom. The third-order valence-corrected chi connectivity index (χ3v) is 6.26. The summed E-state index contributed by atoms with van der Waals surface area (Å²) in [6, 6.07) is 16.0. The highest BCUT2D eigenvalue weighted by Gasteiger charge is 2.20. The van der Waals surface area contributed by atoms with E-state index in [-0.39, 0.29) is 10.9 Å². The number of aromatic nitrogens is 5. The summed E-state index contributed by atoms with van der Waals surface area (Å²) < 4.78 is 25.6. The van der Waals surface area contributed by atoms with Crippen LogP contribution in [-0.4, -0.2) is 33.3 Å². The van der Waals surface area contributed by atoms with E-state index in [2.05, 4.69) is 30.2 Å². The first-order chi connectivity index (χ1) is 15.0. The molecular formula is C21H17N7O2S. The molecule has 4 N–H and O–H groups in total. The zero-order valence-electron chi connectivity index (χ0n) is 16.1. The molecule has 0 amide bonds. The zero-order chi connectivity index (χ0) is 21.4. The van der Waals surface area contributed by atoms with Gasteiger partial charge in [0.05, 0.1) is 28.5 Å². The van der Waals surface area contributed by atoms with E-state index in [4.69, 9.17) is 5.73 Å². The minimum atomic E-state index is -3.61. The van der Waals surface area contributed by atoms with E-state index in [0.717, 1.165) is 5.39 Å². The quantitative estimate of drug-likeness (QED) is 0.385. The second kappa shape index (κ2) is 7.33. The first-order valence-corrected chi connectivity index (χ1v) is 11.0. The second-order valence-electron chi connectivity index (χ2n) is 6.99. The Bertz CT molecular complexity index is 1520. The Morgan fingerprint density at radius 1 is 0.968 bits per heavy atom. The van der Waals surface area contributed by atoms with E-state index in [1.165, 1.54) is 6.33 Å². The van der Waals surface area contributed by atoms with Crippen molar-refractivity contribution in [2.75, 3.05) is 11.1 Å². The van der Waals surface area contributed by atoms with Crippen molar-refractivity contribution in [1.29, 1.82) is 0 Å². The Labute approximate surface area is 177 Å². The predicted octanol–water partition coefficient (Wildman–Crippen LogP) is 3.20. The number of nitrogen functional groups attached to an aromatic ring is 1. The average molecular weight is 431 g/mol. The molecule has 2 aromatic carbocycles. The van der Waals surface area contributed by atoms with Crippen molar-refractivity contribution in [2.24, 2.45) is 0 Å². The van der Waals surface area contributed by atoms with Crippen LogP contribution in [0.4, 0.5) is 17.3 Å². The number of benzene rings is 2. The van der Waals surface area contributed by atoms with Crippen LogP contribution in [-0.2, 0) is 15.6 Å². The van der Waals surface area contributed by atoms with Crippen LogP contribution in [0.25, 0.3) is 21.9 Å². The van der Waals surface area contributed by atoms with Crippen LogP contribution in [0.3, 0.4) is 0 Å². The summed E-state index contributed by atoms with van der Waals surface area (Å²) in [7, 11) is -3.61. The smallest absolute Gasteiger partial charge is 0.226 e. The van der Waals surface area contributed by atoms with Crippen LogP contribution in [0.2, 0.25) is 0 Å². The lowest BCUT2D eigenvalue weighted by Crippen LogP contribution is -2.06. The highest BCUT2D eigenvalue weighted by atomic mass is 32.2. The first kappa shape index (κ1) is 18.9. The van der Waals surface area contributed by atoms with Gasteiger partial charge in [-0.25, -0.2) is 28.4 Å². The van der Waals surface area contributed by atoms with Crippen LogP contribution in [0.5, 0.6) is 0 Å². The van der Waals surface area contributed by atoms with Crippen molar-refractivity contribution in [1.82, 2.24) is 24.9 Å². The maximum atomic E-state index is 12.8. The number of aromatic amines is 1. The van der Waals surface area contributed by atoms with Crippen LogP contribution in [0.1, 0.15) is 5.56 Å². The molecule has 0 bridgehead atoms. The summed E-state index contributed by atoms with van der Waals surface area (Å²) in [4.78, 5) is 19.7. The third-order valence-electron chi connectivity index (χ3n) is 4.76. The highest BCUT2D eigenvalue weighted by Crippen LogP contribution is 2.26. The lowest BCUT2D eigenvalue weighted by Gasteiger charge is -2.08. The number of hydrogen-bond acceptors (Lipinski definition) is 8. The second-order valence-corrected chi connectivity index (χ2v) is 8.90. The molecule has 0 atom stereocenters. The van der Waals surface area contributed by atoms with E-state index < -0.39 is 9.84 Å². The molecule has 0 unspecified atom stereocenters. The van der Waals surface area contributed by atoms with Gasteiger partial charge in [-0.2, -0.15) is 0 Å². The van der Waals surface area contributed by atoms with Crippen LogP contribution in [0, 0.1) is 0 Å². The van der Waals surface area contributed by atoms with Gasteiger partial charge in [0.2, 0.25) is 15.0 Å². The molecule has 0 fully saturated rings. The van der Waals surface area contributed by atoms with Gasteiger partial charge in [-0.05, 0) is 29.8 Å². The number of pyridine rings is 1. The molecule has 0 aliphatic carbocycles. The third kappa shape index (κ3) is 3.76. The fourth-order valence-electron chi connectivity index (χ4n) is 3.28. The lowest BCUT2D eigenvalue weighted by molar-refractivity contribution is 0.588. The van der Waals surface area contributed by atoms with Crippen molar-refractivity contribution in [3.05, 3.63) is 72.7 Å². The first-order valence-electron chi connectivity index (χ1n) is 9.38. The molecule has 0 radical (unpaired) electrons. The summed E-state index contributed by atoms with van der Waals surface area (Å²) in [6.07, 6.45) is 3.02. The topological polar surface area (TPSA) is 140 Å². The molecule has 9 nitrogen and oxygen atoms in total. The van der Waals surface area contributed by atoms with Crippen molar-refractivity contribution in [3.63, 3.8) is 0 Å². The summed E-state index contributed by atoms with van der Waals surface area (Å²) in [6.45, 7) is 0. The summed E-state index contributed by atoms with van der Waals surface area (Å²) in [5.74, 6) is 0.804. The van der Waals surface area contributed by atoms with E-state index in [1.54, 1.807) is 42.6 Å². The number of fused-ring (bicyclic) bond motifs is 2. The number of nitrogens with two attached hydrogens (primary N) is 1. The number of anilines is 3. The Kier molecular flexibility index (Phi) is 4.48. The number of sulfone groups is 1.